The summed E-state index contributed by atoms with van der Waals surface area (Å²) in [6.45, 7) is 5.37. The second-order valence-electron chi connectivity index (χ2n) is 5.57. The van der Waals surface area contributed by atoms with E-state index in [2.05, 4.69) is 10.6 Å². The predicted molar refractivity (Wildman–Crippen MR) is 87.5 cm³/mol. The van der Waals surface area contributed by atoms with Crippen molar-refractivity contribution in [3.8, 4) is 0 Å². The van der Waals surface area contributed by atoms with E-state index in [1.54, 1.807) is 0 Å². The van der Waals surface area contributed by atoms with E-state index in [-0.39, 0.29) is 6.42 Å². The van der Waals surface area contributed by atoms with E-state index in [9.17, 15) is 14.4 Å². The minimum Gasteiger partial charge on any atom is -0.464 e. The first-order valence-corrected chi connectivity index (χ1v) is 7.51. The standard InChI is InChI=1S/C17H20N2O5/c1-9-5-13-12(8-23-14(13)6-10(9)2)7-15(20)24-11(3)16(21)19-17(22)18-4/h5-6,8,11H,7H2,1-4H3,(H2,18,19,21,22)/t11-/m0/s1. The van der Waals surface area contributed by atoms with Crippen LogP contribution in [0.15, 0.2) is 22.8 Å². The van der Waals surface area contributed by atoms with Crippen molar-refractivity contribution in [3.63, 3.8) is 0 Å². The molecule has 7 heteroatoms. The summed E-state index contributed by atoms with van der Waals surface area (Å²) in [6, 6.07) is 3.21. The molecule has 0 spiro atoms. The Kier molecular flexibility index (Phi) is 5.23. The molecule has 0 unspecified atom stereocenters. The van der Waals surface area contributed by atoms with Gasteiger partial charge in [-0.3, -0.25) is 14.9 Å². The lowest BCUT2D eigenvalue weighted by molar-refractivity contribution is -0.153. The molecule has 2 rings (SSSR count). The summed E-state index contributed by atoms with van der Waals surface area (Å²) in [7, 11) is 1.38. The van der Waals surface area contributed by atoms with Gasteiger partial charge in [-0.25, -0.2) is 4.79 Å². The summed E-state index contributed by atoms with van der Waals surface area (Å²) < 4.78 is 10.5. The molecular weight excluding hydrogens is 312 g/mol. The molecule has 0 saturated carbocycles. The lowest BCUT2D eigenvalue weighted by Gasteiger charge is -2.12. The highest BCUT2D eigenvalue weighted by molar-refractivity contribution is 5.97. The Morgan fingerprint density at radius 2 is 1.88 bits per heavy atom. The number of ether oxygens (including phenoxy) is 1. The third kappa shape index (κ3) is 3.92. The predicted octanol–water partition coefficient (Wildman–Crippen LogP) is 1.98. The number of hydrogen-bond acceptors (Lipinski definition) is 5. The molecule has 24 heavy (non-hydrogen) atoms. The fourth-order valence-corrected chi connectivity index (χ4v) is 2.20. The molecule has 0 aliphatic rings. The first-order chi connectivity index (χ1) is 11.3. The zero-order valence-corrected chi connectivity index (χ0v) is 14.1. The molecule has 2 N–H and O–H groups in total. The highest BCUT2D eigenvalue weighted by Gasteiger charge is 2.20. The van der Waals surface area contributed by atoms with E-state index in [1.807, 2.05) is 26.0 Å². The van der Waals surface area contributed by atoms with Crippen LogP contribution in [0, 0.1) is 13.8 Å². The summed E-state index contributed by atoms with van der Waals surface area (Å²) in [6.07, 6.45) is 0.421. The van der Waals surface area contributed by atoms with Gasteiger partial charge in [0.05, 0.1) is 12.7 Å². The van der Waals surface area contributed by atoms with Crippen LogP contribution in [-0.2, 0) is 20.7 Å². The molecule has 0 bridgehead atoms. The average molecular weight is 332 g/mol. The number of amides is 3. The van der Waals surface area contributed by atoms with Gasteiger partial charge in [0.2, 0.25) is 0 Å². The van der Waals surface area contributed by atoms with Crippen molar-refractivity contribution in [2.24, 2.45) is 0 Å². The van der Waals surface area contributed by atoms with Crippen molar-refractivity contribution < 1.29 is 23.5 Å². The average Bonchev–Trinajstić information content (AvgIpc) is 2.89. The number of urea groups is 1. The van der Waals surface area contributed by atoms with Gasteiger partial charge in [-0.2, -0.15) is 0 Å². The van der Waals surface area contributed by atoms with E-state index in [0.717, 1.165) is 16.5 Å². The Hall–Kier alpha value is -2.83. The number of hydrogen-bond donors (Lipinski definition) is 2. The van der Waals surface area contributed by atoms with E-state index in [4.69, 9.17) is 9.15 Å². The molecule has 1 heterocycles. The zero-order chi connectivity index (χ0) is 17.9. The van der Waals surface area contributed by atoms with Crippen LogP contribution in [0.2, 0.25) is 0 Å². The maximum absolute atomic E-state index is 12.0. The monoisotopic (exact) mass is 332 g/mol. The van der Waals surface area contributed by atoms with Gasteiger partial charge in [-0.05, 0) is 44.0 Å². The van der Waals surface area contributed by atoms with Gasteiger partial charge in [-0.15, -0.1) is 0 Å². The molecule has 1 atom stereocenters. The first kappa shape index (κ1) is 17.5. The van der Waals surface area contributed by atoms with E-state index in [1.165, 1.54) is 20.2 Å². The van der Waals surface area contributed by atoms with Crippen LogP contribution < -0.4 is 10.6 Å². The molecule has 0 fully saturated rings. The SMILES string of the molecule is CNC(=O)NC(=O)[C@H](C)OC(=O)Cc1coc2cc(C)c(C)cc12. The van der Waals surface area contributed by atoms with Gasteiger partial charge >= 0.3 is 12.0 Å². The van der Waals surface area contributed by atoms with Crippen molar-refractivity contribution in [2.45, 2.75) is 33.3 Å². The number of carbonyl (C=O) groups is 3. The summed E-state index contributed by atoms with van der Waals surface area (Å²) in [5, 5.41) is 5.14. The third-order valence-corrected chi connectivity index (χ3v) is 3.75. The molecule has 0 saturated heterocycles. The Labute approximate surface area is 139 Å². The number of nitrogens with one attached hydrogen (secondary N) is 2. The van der Waals surface area contributed by atoms with Crippen LogP contribution in [-0.4, -0.2) is 31.1 Å². The fourth-order valence-electron chi connectivity index (χ4n) is 2.20. The molecule has 7 nitrogen and oxygen atoms in total. The molecular formula is C17H20N2O5. The molecule has 3 amide bonds. The number of benzene rings is 1. The number of esters is 1. The Balaban J connectivity index is 2.03. The van der Waals surface area contributed by atoms with Gasteiger partial charge in [0, 0.05) is 18.0 Å². The topological polar surface area (TPSA) is 97.6 Å². The summed E-state index contributed by atoms with van der Waals surface area (Å²) in [5.74, 6) is -1.26. The van der Waals surface area contributed by atoms with Crippen LogP contribution in [0.4, 0.5) is 4.79 Å². The molecule has 0 radical (unpaired) electrons. The van der Waals surface area contributed by atoms with E-state index < -0.39 is 24.0 Å². The first-order valence-electron chi connectivity index (χ1n) is 7.51. The van der Waals surface area contributed by atoms with Crippen molar-refractivity contribution in [3.05, 3.63) is 35.1 Å². The van der Waals surface area contributed by atoms with Gasteiger partial charge in [0.15, 0.2) is 6.10 Å². The Morgan fingerprint density at radius 3 is 2.54 bits per heavy atom. The lowest BCUT2D eigenvalue weighted by Crippen LogP contribution is -2.43. The molecule has 1 aromatic heterocycles. The van der Waals surface area contributed by atoms with Crippen molar-refractivity contribution in [2.75, 3.05) is 7.05 Å². The molecule has 0 aliphatic heterocycles. The quantitative estimate of drug-likeness (QED) is 0.834. The van der Waals surface area contributed by atoms with Gasteiger partial charge in [0.1, 0.15) is 5.58 Å². The molecule has 2 aromatic rings. The number of rotatable bonds is 4. The number of carbonyl (C=O) groups excluding carboxylic acids is 3. The summed E-state index contributed by atoms with van der Waals surface area (Å²) in [4.78, 5) is 34.8. The molecule has 1 aromatic carbocycles. The van der Waals surface area contributed by atoms with Crippen LogP contribution in [0.25, 0.3) is 11.0 Å². The summed E-state index contributed by atoms with van der Waals surface area (Å²) in [5.41, 5.74) is 3.59. The third-order valence-electron chi connectivity index (χ3n) is 3.75. The number of imide groups is 1. The minimum atomic E-state index is -1.07. The summed E-state index contributed by atoms with van der Waals surface area (Å²) >= 11 is 0. The fraction of sp³-hybridized carbons (Fsp3) is 0.353. The number of aryl methyl sites for hydroxylation is 2. The Bertz CT molecular complexity index is 794. The van der Waals surface area contributed by atoms with Crippen LogP contribution in [0.5, 0.6) is 0 Å². The van der Waals surface area contributed by atoms with Crippen LogP contribution in [0.1, 0.15) is 23.6 Å². The van der Waals surface area contributed by atoms with Gasteiger partial charge < -0.3 is 14.5 Å². The van der Waals surface area contributed by atoms with Gasteiger partial charge in [0.25, 0.3) is 5.91 Å². The van der Waals surface area contributed by atoms with Crippen molar-refractivity contribution >= 4 is 28.9 Å². The second-order valence-corrected chi connectivity index (χ2v) is 5.57. The maximum atomic E-state index is 12.0. The van der Waals surface area contributed by atoms with Crippen molar-refractivity contribution in [1.82, 2.24) is 10.6 Å². The van der Waals surface area contributed by atoms with E-state index >= 15 is 0 Å². The second kappa shape index (κ2) is 7.16. The highest BCUT2D eigenvalue weighted by Crippen LogP contribution is 2.25. The smallest absolute Gasteiger partial charge is 0.321 e. The maximum Gasteiger partial charge on any atom is 0.321 e. The lowest BCUT2D eigenvalue weighted by atomic mass is 10.0. The number of furan rings is 1. The van der Waals surface area contributed by atoms with Crippen LogP contribution in [0.3, 0.4) is 0 Å². The highest BCUT2D eigenvalue weighted by atomic mass is 16.5. The number of fused-ring (bicyclic) bond motifs is 1. The van der Waals surface area contributed by atoms with E-state index in [0.29, 0.717) is 11.1 Å². The van der Waals surface area contributed by atoms with Gasteiger partial charge in [-0.1, -0.05) is 0 Å². The minimum absolute atomic E-state index is 0.0207. The Morgan fingerprint density at radius 1 is 1.21 bits per heavy atom. The zero-order valence-electron chi connectivity index (χ0n) is 14.1. The van der Waals surface area contributed by atoms with Crippen LogP contribution >= 0.6 is 0 Å². The molecule has 128 valence electrons. The molecule has 0 aliphatic carbocycles. The van der Waals surface area contributed by atoms with Crippen molar-refractivity contribution in [1.29, 1.82) is 0 Å². The largest absolute Gasteiger partial charge is 0.464 e. The normalized spacial score (nSPS) is 11.8.